The second-order valence-corrected chi connectivity index (χ2v) is 6.17. The number of benzene rings is 1. The van der Waals surface area contributed by atoms with Crippen LogP contribution in [0.1, 0.15) is 12.8 Å². The van der Waals surface area contributed by atoms with Crippen molar-refractivity contribution in [3.63, 3.8) is 0 Å². The summed E-state index contributed by atoms with van der Waals surface area (Å²) in [7, 11) is 0. The van der Waals surface area contributed by atoms with Crippen LogP contribution in [0.25, 0.3) is 5.69 Å². The summed E-state index contributed by atoms with van der Waals surface area (Å²) in [5.41, 5.74) is 7.08. The monoisotopic (exact) mass is 291 g/mol. The Morgan fingerprint density at radius 3 is 2.75 bits per heavy atom. The molecule has 1 saturated carbocycles. The first-order chi connectivity index (χ1) is 9.79. The Morgan fingerprint density at radius 1 is 1.35 bits per heavy atom. The first kappa shape index (κ1) is 13.5. The summed E-state index contributed by atoms with van der Waals surface area (Å²) in [6.07, 6.45) is 2.31. The van der Waals surface area contributed by atoms with E-state index in [4.69, 9.17) is 5.73 Å². The largest absolute Gasteiger partial charge is 0.395 e. The molecule has 0 amide bonds. The van der Waals surface area contributed by atoms with Gasteiger partial charge in [-0.05, 0) is 41.3 Å². The Balaban J connectivity index is 1.79. The molecular weight excluding hydrogens is 274 g/mol. The van der Waals surface area contributed by atoms with Gasteiger partial charge in [-0.3, -0.25) is 0 Å². The second-order valence-electron chi connectivity index (χ2n) is 4.96. The van der Waals surface area contributed by atoms with E-state index < -0.39 is 0 Å². The number of aliphatic hydroxyl groups excluding tert-OH is 1. The molecule has 1 heterocycles. The molecule has 1 aliphatic carbocycles. The van der Waals surface area contributed by atoms with E-state index in [0.717, 1.165) is 18.5 Å². The number of rotatable bonds is 6. The molecule has 3 rings (SSSR count). The third-order valence-electron chi connectivity index (χ3n) is 3.47. The highest BCUT2D eigenvalue weighted by Gasteiger charge is 2.35. The van der Waals surface area contributed by atoms with Gasteiger partial charge in [0, 0.05) is 6.04 Å². The standard InChI is InChI=1S/C13H17N5OS/c14-12(9-6-7-9)11(8-19)20-13-15-16-17-18(13)10-4-2-1-3-5-10/h1-5,9,11-12,19H,6-8,14H2. The van der Waals surface area contributed by atoms with E-state index in [9.17, 15) is 5.11 Å². The highest BCUT2D eigenvalue weighted by atomic mass is 32.2. The van der Waals surface area contributed by atoms with Crippen LogP contribution < -0.4 is 5.73 Å². The quantitative estimate of drug-likeness (QED) is 0.767. The summed E-state index contributed by atoms with van der Waals surface area (Å²) in [6.45, 7) is 0.0317. The zero-order chi connectivity index (χ0) is 13.9. The van der Waals surface area contributed by atoms with Gasteiger partial charge in [-0.1, -0.05) is 30.0 Å². The van der Waals surface area contributed by atoms with Crippen LogP contribution in [0.3, 0.4) is 0 Å². The van der Waals surface area contributed by atoms with Gasteiger partial charge in [-0.2, -0.15) is 4.68 Å². The van der Waals surface area contributed by atoms with Crippen molar-refractivity contribution >= 4 is 11.8 Å². The molecule has 0 spiro atoms. The van der Waals surface area contributed by atoms with E-state index >= 15 is 0 Å². The van der Waals surface area contributed by atoms with Crippen LogP contribution in [-0.2, 0) is 0 Å². The van der Waals surface area contributed by atoms with Crippen molar-refractivity contribution in [1.82, 2.24) is 20.2 Å². The van der Waals surface area contributed by atoms with Crippen molar-refractivity contribution in [2.45, 2.75) is 29.3 Å². The van der Waals surface area contributed by atoms with E-state index in [1.54, 1.807) is 4.68 Å². The minimum absolute atomic E-state index is 0.00840. The minimum Gasteiger partial charge on any atom is -0.395 e. The minimum atomic E-state index is -0.0732. The zero-order valence-electron chi connectivity index (χ0n) is 11.0. The fourth-order valence-corrected chi connectivity index (χ4v) is 3.19. The summed E-state index contributed by atoms with van der Waals surface area (Å²) in [4.78, 5) is 0. The Hall–Kier alpha value is -1.44. The average molecular weight is 291 g/mol. The molecule has 1 aliphatic rings. The van der Waals surface area contributed by atoms with E-state index in [1.165, 1.54) is 11.8 Å². The highest BCUT2D eigenvalue weighted by molar-refractivity contribution is 7.99. The number of hydrogen-bond acceptors (Lipinski definition) is 6. The number of aliphatic hydroxyl groups is 1. The van der Waals surface area contributed by atoms with Gasteiger partial charge in [-0.15, -0.1) is 5.10 Å². The van der Waals surface area contributed by atoms with Crippen LogP contribution in [0.15, 0.2) is 35.5 Å². The maximum Gasteiger partial charge on any atom is 0.214 e. The number of tetrazole rings is 1. The van der Waals surface area contributed by atoms with Gasteiger partial charge >= 0.3 is 0 Å². The summed E-state index contributed by atoms with van der Waals surface area (Å²) < 4.78 is 1.67. The van der Waals surface area contributed by atoms with Crippen molar-refractivity contribution in [3.05, 3.63) is 30.3 Å². The van der Waals surface area contributed by atoms with Gasteiger partial charge in [0.15, 0.2) is 0 Å². The Bertz CT molecular complexity index is 557. The first-order valence-electron chi connectivity index (χ1n) is 6.66. The van der Waals surface area contributed by atoms with Crippen molar-refractivity contribution < 1.29 is 5.11 Å². The molecule has 6 nitrogen and oxygen atoms in total. The zero-order valence-corrected chi connectivity index (χ0v) is 11.8. The lowest BCUT2D eigenvalue weighted by Gasteiger charge is -2.20. The molecular formula is C13H17N5OS. The van der Waals surface area contributed by atoms with Gasteiger partial charge in [0.25, 0.3) is 0 Å². The molecule has 1 aromatic heterocycles. The van der Waals surface area contributed by atoms with E-state index in [0.29, 0.717) is 11.1 Å². The number of hydrogen-bond donors (Lipinski definition) is 2. The van der Waals surface area contributed by atoms with E-state index in [-0.39, 0.29) is 17.9 Å². The van der Waals surface area contributed by atoms with Crippen LogP contribution in [0, 0.1) is 5.92 Å². The molecule has 0 bridgehead atoms. The lowest BCUT2D eigenvalue weighted by molar-refractivity contribution is 0.277. The normalized spacial score (nSPS) is 17.9. The van der Waals surface area contributed by atoms with Crippen molar-refractivity contribution in [1.29, 1.82) is 0 Å². The molecule has 2 aromatic rings. The summed E-state index contributed by atoms with van der Waals surface area (Å²) in [5.74, 6) is 0.528. The number of nitrogens with two attached hydrogens (primary N) is 1. The fraction of sp³-hybridized carbons (Fsp3) is 0.462. The molecule has 106 valence electrons. The van der Waals surface area contributed by atoms with Crippen molar-refractivity contribution in [3.8, 4) is 5.69 Å². The summed E-state index contributed by atoms with van der Waals surface area (Å²) >= 11 is 1.45. The Morgan fingerprint density at radius 2 is 2.10 bits per heavy atom. The topological polar surface area (TPSA) is 89.8 Å². The predicted octanol–water partition coefficient (Wildman–Crippen LogP) is 0.853. The maximum atomic E-state index is 9.55. The number of para-hydroxylation sites is 1. The van der Waals surface area contributed by atoms with Gasteiger partial charge in [0.05, 0.1) is 17.5 Å². The molecule has 0 saturated heterocycles. The molecule has 7 heteroatoms. The van der Waals surface area contributed by atoms with Gasteiger partial charge in [0.2, 0.25) is 5.16 Å². The van der Waals surface area contributed by atoms with Crippen LogP contribution in [0.5, 0.6) is 0 Å². The van der Waals surface area contributed by atoms with Crippen LogP contribution >= 0.6 is 11.8 Å². The van der Waals surface area contributed by atoms with E-state index in [2.05, 4.69) is 15.5 Å². The first-order valence-corrected chi connectivity index (χ1v) is 7.54. The fourth-order valence-electron chi connectivity index (χ4n) is 2.14. The Kier molecular flexibility index (Phi) is 4.00. The second kappa shape index (κ2) is 5.90. The highest BCUT2D eigenvalue weighted by Crippen LogP contribution is 2.37. The smallest absolute Gasteiger partial charge is 0.214 e. The number of nitrogens with zero attached hydrogens (tertiary/aromatic N) is 4. The van der Waals surface area contributed by atoms with Gasteiger partial charge in [0.1, 0.15) is 0 Å². The third kappa shape index (κ3) is 2.84. The molecule has 0 radical (unpaired) electrons. The average Bonchev–Trinajstić information content (AvgIpc) is 3.24. The molecule has 2 atom stereocenters. The van der Waals surface area contributed by atoms with Crippen LogP contribution in [-0.4, -0.2) is 43.2 Å². The summed E-state index contributed by atoms with van der Waals surface area (Å²) in [6, 6.07) is 9.69. The van der Waals surface area contributed by atoms with Crippen LogP contribution in [0.4, 0.5) is 0 Å². The van der Waals surface area contributed by atoms with Gasteiger partial charge in [-0.25, -0.2) is 0 Å². The molecule has 20 heavy (non-hydrogen) atoms. The molecule has 2 unspecified atom stereocenters. The third-order valence-corrected chi connectivity index (χ3v) is 4.71. The van der Waals surface area contributed by atoms with Crippen molar-refractivity contribution in [2.24, 2.45) is 11.7 Å². The maximum absolute atomic E-state index is 9.55. The lowest BCUT2D eigenvalue weighted by Crippen LogP contribution is -2.37. The predicted molar refractivity (Wildman–Crippen MR) is 76.6 cm³/mol. The van der Waals surface area contributed by atoms with E-state index in [1.807, 2.05) is 30.3 Å². The Labute approximate surface area is 121 Å². The van der Waals surface area contributed by atoms with Crippen LogP contribution in [0.2, 0.25) is 0 Å². The van der Waals surface area contributed by atoms with Gasteiger partial charge < -0.3 is 10.8 Å². The summed E-state index contributed by atoms with van der Waals surface area (Å²) in [5, 5.41) is 21.9. The molecule has 1 aromatic carbocycles. The molecule has 0 aliphatic heterocycles. The molecule has 3 N–H and O–H groups in total. The number of aromatic nitrogens is 4. The lowest BCUT2D eigenvalue weighted by atomic mass is 10.1. The van der Waals surface area contributed by atoms with Crippen molar-refractivity contribution in [2.75, 3.05) is 6.61 Å². The molecule has 1 fully saturated rings. The number of thioether (sulfide) groups is 1. The SMILES string of the molecule is NC(C1CC1)C(CO)Sc1nnnn1-c1ccccc1.